The molecular weight excluding hydrogens is 1260 g/mol. The Bertz CT molecular complexity index is 3760. The number of aryl methyl sites for hydroxylation is 3. The number of hydrogen-bond acceptors (Lipinski definition) is 22. The maximum Gasteiger partial charge on any atom is 0.303 e. The minimum atomic E-state index is -0.986. The van der Waals surface area contributed by atoms with E-state index in [-0.39, 0.29) is 80.3 Å². The summed E-state index contributed by atoms with van der Waals surface area (Å²) in [4.78, 5) is 136. The number of anilines is 1. The first kappa shape index (κ1) is 68.4. The topological polar surface area (TPSA) is 354 Å². The number of methoxy groups -OCH3 is 1. The van der Waals surface area contributed by atoms with Crippen LogP contribution in [-0.2, 0) is 48.2 Å². The molecule has 7 aromatic heterocycles. The summed E-state index contributed by atoms with van der Waals surface area (Å²) in [5, 5.41) is 37.9. The van der Waals surface area contributed by atoms with Gasteiger partial charge in [0, 0.05) is 71.4 Å². The number of carboxylic acid groups (broad SMARTS) is 2. The summed E-state index contributed by atoms with van der Waals surface area (Å²) >= 11 is 7.83. The first-order valence-electron chi connectivity index (χ1n) is 28.2. The van der Waals surface area contributed by atoms with Gasteiger partial charge in [-0.3, -0.25) is 43.3 Å². The minimum Gasteiger partial charge on any atom is -0.483 e. The van der Waals surface area contributed by atoms with Gasteiger partial charge in [0.05, 0.1) is 47.2 Å². The number of primary amides is 1. The van der Waals surface area contributed by atoms with E-state index in [1.807, 2.05) is 62.7 Å². The van der Waals surface area contributed by atoms with Gasteiger partial charge >= 0.3 is 5.97 Å². The molecule has 9 rings (SSSR count). The van der Waals surface area contributed by atoms with Crippen LogP contribution in [0.3, 0.4) is 0 Å². The fourth-order valence-corrected chi connectivity index (χ4v) is 14.3. The largest absolute Gasteiger partial charge is 0.483 e. The van der Waals surface area contributed by atoms with Crippen molar-refractivity contribution < 1.29 is 53.3 Å². The predicted molar refractivity (Wildman–Crippen MR) is 344 cm³/mol. The highest BCUT2D eigenvalue weighted by Crippen LogP contribution is 2.40. The third kappa shape index (κ3) is 18.0. The highest BCUT2D eigenvalue weighted by Gasteiger charge is 2.33. The molecule has 24 nitrogen and oxygen atoms in total. The zero-order valence-corrected chi connectivity index (χ0v) is 54.6. The van der Waals surface area contributed by atoms with Gasteiger partial charge in [0.2, 0.25) is 17.7 Å². The Kier molecular flexibility index (Phi) is 25.3. The van der Waals surface area contributed by atoms with E-state index in [1.165, 1.54) is 65.1 Å². The molecule has 470 valence electrons. The second-order valence-corrected chi connectivity index (χ2v) is 25.8. The standard InChI is InChI=1S/C56H59N13O9S6.C2H6.CH2O2/c1-28(2)44(55-68-47(38(84-55)23-78-5)49(75)59-22-39(57)70)66-50(76)45-29(3)83-54(67-45)34(21-41(71)58-4)62-48(74)36-25-80-51(64-36)32-17-18-33(52-65-40(27-82-52)69(20-10-15-43(72)73)56(77)31-13-9-14-31)61-46(32)35-24-81-53(63-35)37-26-79-42(60-37)19-16-30-11-7-6-8-12-30;1-2;2-1-3/h6-8,11-12,17-18,24-28,31,34,44H,9-10,13-16,19-23H2,1-5H3,(H2,57,70)(H,58,71)(H,59,75)(H,62,74)(H,66,76)(H,72,73);1-2H3;1H,(H,2,3)/t34-,44?;;/m0../s1. The van der Waals surface area contributed by atoms with Gasteiger partial charge in [-0.15, -0.1) is 68.0 Å². The summed E-state index contributed by atoms with van der Waals surface area (Å²) in [6, 6.07) is 12.2. The fraction of sp³-hybridized carbons (Fsp3) is 0.373. The molecule has 0 bridgehead atoms. The molecule has 30 heteroatoms. The van der Waals surface area contributed by atoms with E-state index >= 15 is 0 Å². The van der Waals surface area contributed by atoms with Gasteiger partial charge in [-0.1, -0.05) is 64.4 Å². The molecule has 1 aliphatic carbocycles. The number of carboxylic acids is 1. The van der Waals surface area contributed by atoms with Gasteiger partial charge in [0.15, 0.2) is 0 Å². The summed E-state index contributed by atoms with van der Waals surface area (Å²) in [6.45, 7) is 9.09. The minimum absolute atomic E-state index is 0.0428. The molecule has 2 atom stereocenters. The van der Waals surface area contributed by atoms with Crippen LogP contribution in [0.1, 0.15) is 140 Å². The number of nitrogens with zero attached hydrogens (tertiary/aromatic N) is 8. The third-order valence-corrected chi connectivity index (χ3v) is 19.2. The lowest BCUT2D eigenvalue weighted by molar-refractivity contribution is -0.137. The van der Waals surface area contributed by atoms with Crippen molar-refractivity contribution in [3.05, 3.63) is 111 Å². The SMILES string of the molecule is CC.CNC(=O)C[C@H](NC(=O)c1csc(-c2ccc(-c3nc(N(CCCC(=O)O)C(=O)C4CCC4)cs3)nc2-c2csc(-c3csc(CCc4ccccc4)n3)n2)n1)c1nc(C(=O)NC(c2nc(C(=O)NCC(N)=O)c(COC)s2)C(C)C)c(C)s1.O=CO. The van der Waals surface area contributed by atoms with Crippen LogP contribution in [0, 0.1) is 18.8 Å². The summed E-state index contributed by atoms with van der Waals surface area (Å²) < 4.78 is 5.32. The molecule has 8 aromatic rings. The van der Waals surface area contributed by atoms with Crippen molar-refractivity contribution in [2.24, 2.45) is 17.6 Å². The van der Waals surface area contributed by atoms with Crippen molar-refractivity contribution in [1.29, 1.82) is 0 Å². The highest BCUT2D eigenvalue weighted by atomic mass is 32.1. The van der Waals surface area contributed by atoms with Crippen molar-refractivity contribution in [3.8, 4) is 43.4 Å². The molecule has 0 saturated heterocycles. The first-order chi connectivity index (χ1) is 42.9. The number of thiazole rings is 6. The molecule has 1 unspecified atom stereocenters. The number of amides is 6. The maximum absolute atomic E-state index is 14.3. The normalized spacial score (nSPS) is 12.5. The van der Waals surface area contributed by atoms with Gasteiger partial charge in [-0.05, 0) is 56.2 Å². The molecule has 1 aliphatic rings. The van der Waals surface area contributed by atoms with E-state index < -0.39 is 47.6 Å². The average Bonchev–Trinajstić information content (AvgIpc) is 2.12. The number of pyridine rings is 1. The number of hydrogen-bond donors (Lipinski definition) is 7. The van der Waals surface area contributed by atoms with Crippen LogP contribution < -0.4 is 31.9 Å². The number of carbonyl (C=O) groups excluding carboxylic acids is 6. The number of aromatic nitrogens is 7. The molecule has 0 radical (unpaired) electrons. The predicted octanol–water partition coefficient (Wildman–Crippen LogP) is 9.40. The molecule has 6 amide bonds. The van der Waals surface area contributed by atoms with Crippen LogP contribution in [0.2, 0.25) is 0 Å². The Morgan fingerprint density at radius 3 is 2.15 bits per heavy atom. The Balaban J connectivity index is 0.00000219. The van der Waals surface area contributed by atoms with Crippen molar-refractivity contribution >= 4 is 122 Å². The lowest BCUT2D eigenvalue weighted by atomic mass is 9.84. The molecule has 1 saturated carbocycles. The van der Waals surface area contributed by atoms with Crippen molar-refractivity contribution in [1.82, 2.24) is 56.2 Å². The number of aliphatic carboxylic acids is 1. The summed E-state index contributed by atoms with van der Waals surface area (Å²) in [5.41, 5.74) is 9.39. The quantitative estimate of drug-likeness (QED) is 0.0236. The molecule has 1 fully saturated rings. The molecule has 89 heavy (non-hydrogen) atoms. The number of ether oxygens (including phenoxy) is 1. The monoisotopic (exact) mass is 1330 g/mol. The molecule has 8 N–H and O–H groups in total. The number of benzene rings is 1. The van der Waals surface area contributed by atoms with E-state index in [9.17, 15) is 38.7 Å². The second kappa shape index (κ2) is 32.9. The van der Waals surface area contributed by atoms with E-state index in [2.05, 4.69) is 43.4 Å². The Morgan fingerprint density at radius 1 is 0.775 bits per heavy atom. The van der Waals surface area contributed by atoms with Gasteiger partial charge in [-0.2, -0.15) is 0 Å². The van der Waals surface area contributed by atoms with Crippen molar-refractivity contribution in [2.75, 3.05) is 32.1 Å². The van der Waals surface area contributed by atoms with Crippen LogP contribution in [-0.4, -0.2) is 120 Å². The van der Waals surface area contributed by atoms with Crippen LogP contribution in [0.15, 0.2) is 64.0 Å². The molecule has 0 spiro atoms. The first-order valence-corrected chi connectivity index (χ1v) is 33.4. The second-order valence-electron chi connectivity index (χ2n) is 20.0. The van der Waals surface area contributed by atoms with Gasteiger partial charge < -0.3 is 42.0 Å². The zero-order valence-electron chi connectivity index (χ0n) is 49.7. The maximum atomic E-state index is 14.3. The Hall–Kier alpha value is -8.13. The van der Waals surface area contributed by atoms with Gasteiger partial charge in [0.1, 0.15) is 65.0 Å². The summed E-state index contributed by atoms with van der Waals surface area (Å²) in [6.07, 6.45) is 4.09. The third-order valence-electron chi connectivity index (χ3n) is 13.5. The van der Waals surface area contributed by atoms with Crippen molar-refractivity contribution in [3.63, 3.8) is 0 Å². The van der Waals surface area contributed by atoms with Crippen molar-refractivity contribution in [2.45, 2.75) is 105 Å². The smallest absolute Gasteiger partial charge is 0.303 e. The summed E-state index contributed by atoms with van der Waals surface area (Å²) in [5.74, 6) is -3.83. The van der Waals surface area contributed by atoms with Crippen LogP contribution in [0.25, 0.3) is 43.4 Å². The highest BCUT2D eigenvalue weighted by molar-refractivity contribution is 7.15. The number of nitrogens with one attached hydrogen (secondary N) is 4. The number of rotatable bonds is 27. The van der Waals surface area contributed by atoms with E-state index in [1.54, 1.807) is 40.0 Å². The molecular formula is C59H67N13O11S6. The van der Waals surface area contributed by atoms with Gasteiger partial charge in [-0.25, -0.2) is 34.9 Å². The van der Waals surface area contributed by atoms with Crippen LogP contribution in [0.5, 0.6) is 0 Å². The Labute approximate surface area is 536 Å². The molecule has 7 heterocycles. The van der Waals surface area contributed by atoms with E-state index in [4.69, 9.17) is 45.3 Å². The van der Waals surface area contributed by atoms with E-state index in [0.717, 1.165) is 54.1 Å². The fourth-order valence-electron chi connectivity index (χ4n) is 8.86. The number of nitrogens with two attached hydrogens (primary N) is 1. The van der Waals surface area contributed by atoms with Crippen LogP contribution in [0.4, 0.5) is 5.82 Å². The zero-order chi connectivity index (χ0) is 64.3. The lowest BCUT2D eigenvalue weighted by Gasteiger charge is -2.30. The van der Waals surface area contributed by atoms with E-state index in [0.29, 0.717) is 63.3 Å². The van der Waals surface area contributed by atoms with Crippen LogP contribution >= 0.6 is 68.0 Å². The lowest BCUT2D eigenvalue weighted by Crippen LogP contribution is -2.40. The average molecular weight is 1330 g/mol. The molecule has 0 aliphatic heterocycles. The van der Waals surface area contributed by atoms with Gasteiger partial charge in [0.25, 0.3) is 24.2 Å². The molecule has 1 aromatic carbocycles. The number of carbonyl (C=O) groups is 8. The Morgan fingerprint density at radius 2 is 1.47 bits per heavy atom. The summed E-state index contributed by atoms with van der Waals surface area (Å²) in [7, 11) is 2.94.